The van der Waals surface area contributed by atoms with Crippen LogP contribution < -0.4 is 11.0 Å². The summed E-state index contributed by atoms with van der Waals surface area (Å²) in [7, 11) is 0. The summed E-state index contributed by atoms with van der Waals surface area (Å²) in [4.78, 5) is 40.7. The molecule has 2 aromatic rings. The Bertz CT molecular complexity index is 906. The highest BCUT2D eigenvalue weighted by atomic mass is 19.2. The molecule has 2 heterocycles. The molecule has 0 aromatic carbocycles. The predicted molar refractivity (Wildman–Crippen MR) is 86.6 cm³/mol. The van der Waals surface area contributed by atoms with Crippen LogP contribution >= 0.6 is 0 Å². The van der Waals surface area contributed by atoms with Gasteiger partial charge in [0.1, 0.15) is 23.8 Å². The summed E-state index contributed by atoms with van der Waals surface area (Å²) in [6.45, 7) is -3.61. The van der Waals surface area contributed by atoms with Gasteiger partial charge in [-0.1, -0.05) is 0 Å². The quantitative estimate of drug-likeness (QED) is 0.403. The Morgan fingerprint density at radius 1 is 1.39 bits per heavy atom. The zero-order valence-electron chi connectivity index (χ0n) is 13.8. The lowest BCUT2D eigenvalue weighted by Crippen LogP contribution is -2.34. The summed E-state index contributed by atoms with van der Waals surface area (Å²) in [5, 5.41) is 30.2. The van der Waals surface area contributed by atoms with Gasteiger partial charge < -0.3 is 20.3 Å². The lowest BCUT2D eigenvalue weighted by atomic mass is 10.3. The molecule has 0 saturated carbocycles. The fraction of sp³-hybridized carbons (Fsp3) is 0.286. The van der Waals surface area contributed by atoms with Crippen molar-refractivity contribution in [3.63, 3.8) is 0 Å². The number of halogens is 2. The zero-order chi connectivity index (χ0) is 20.8. The molecule has 14 heteroatoms. The first kappa shape index (κ1) is 20.9. The second kappa shape index (κ2) is 9.03. The minimum atomic E-state index is -2.68. The van der Waals surface area contributed by atoms with Gasteiger partial charge in [0.15, 0.2) is 0 Å². The van der Waals surface area contributed by atoms with Crippen LogP contribution in [0.3, 0.4) is 0 Å². The van der Waals surface area contributed by atoms with Gasteiger partial charge in [0.05, 0.1) is 11.5 Å². The summed E-state index contributed by atoms with van der Waals surface area (Å²) in [6.07, 6.45) is -2.91. The van der Waals surface area contributed by atoms with E-state index in [-0.39, 0.29) is 21.8 Å². The molecule has 1 amide bonds. The van der Waals surface area contributed by atoms with Gasteiger partial charge in [-0.15, -0.1) is 0 Å². The molecule has 0 unspecified atom stereocenters. The molecule has 0 radical (unpaired) electrons. The maximum atomic E-state index is 13.9. The van der Waals surface area contributed by atoms with E-state index in [9.17, 15) is 28.5 Å². The van der Waals surface area contributed by atoms with E-state index in [0.717, 1.165) is 30.6 Å². The third kappa shape index (κ3) is 5.09. The average Bonchev–Trinajstić information content (AvgIpc) is 2.65. The molecule has 0 aliphatic rings. The molecule has 0 aliphatic heterocycles. The van der Waals surface area contributed by atoms with Crippen LogP contribution in [0.4, 0.5) is 20.3 Å². The van der Waals surface area contributed by atoms with Gasteiger partial charge in [-0.3, -0.25) is 14.9 Å². The van der Waals surface area contributed by atoms with E-state index >= 15 is 0 Å². The molecule has 0 fully saturated rings. The maximum Gasteiger partial charge on any atom is 0.353 e. The smallest absolute Gasteiger partial charge is 0.353 e. The standard InChI is InChI=1S/C14H13F2N5O7/c15-11(23)9(6-22)28-13(16)20-4-3-10(19-14(20)25)18-12(24)8-2-1-7(5-17-8)21(26)27/h1-5,9,11,13,22-23H,6H2,(H,18,19,24,25)/t9-,11-,13-/m1/s1. The van der Waals surface area contributed by atoms with E-state index in [4.69, 9.17) is 10.2 Å². The van der Waals surface area contributed by atoms with Crippen LogP contribution in [0.25, 0.3) is 0 Å². The number of carbonyl (C=O) groups excluding carboxylic acids is 1. The molecule has 3 N–H and O–H groups in total. The first-order valence-corrected chi connectivity index (χ1v) is 7.46. The Balaban J connectivity index is 2.10. The van der Waals surface area contributed by atoms with Gasteiger partial charge >= 0.3 is 5.69 Å². The maximum absolute atomic E-state index is 13.9. The number of hydrogen-bond acceptors (Lipinski definition) is 9. The molecule has 3 atom stereocenters. The van der Waals surface area contributed by atoms with Crippen molar-refractivity contribution in [1.29, 1.82) is 0 Å². The Hall–Kier alpha value is -3.36. The Kier molecular flexibility index (Phi) is 6.75. The van der Waals surface area contributed by atoms with Gasteiger partial charge in [-0.05, 0) is 12.1 Å². The fourth-order valence-corrected chi connectivity index (χ4v) is 1.85. The molecule has 0 spiro atoms. The number of amides is 1. The van der Waals surface area contributed by atoms with Gasteiger partial charge in [0, 0.05) is 12.3 Å². The van der Waals surface area contributed by atoms with E-state index in [1.54, 1.807) is 0 Å². The number of pyridine rings is 1. The summed E-state index contributed by atoms with van der Waals surface area (Å²) in [5.74, 6) is -1.13. The van der Waals surface area contributed by atoms with Gasteiger partial charge in [0.25, 0.3) is 18.1 Å². The van der Waals surface area contributed by atoms with Crippen LogP contribution in [-0.2, 0) is 4.74 Å². The van der Waals surface area contributed by atoms with Crippen molar-refractivity contribution < 1.29 is 33.4 Å². The van der Waals surface area contributed by atoms with Gasteiger partial charge in [0.2, 0.25) is 6.36 Å². The number of nitrogens with zero attached hydrogens (tertiary/aromatic N) is 4. The number of aliphatic hydroxyl groups excluding tert-OH is 2. The molecular weight excluding hydrogens is 388 g/mol. The zero-order valence-corrected chi connectivity index (χ0v) is 13.8. The number of rotatable bonds is 8. The first-order chi connectivity index (χ1) is 13.2. The second-order valence-corrected chi connectivity index (χ2v) is 5.14. The van der Waals surface area contributed by atoms with Crippen molar-refractivity contribution in [2.24, 2.45) is 0 Å². The average molecular weight is 401 g/mol. The molecule has 0 saturated heterocycles. The number of nitrogens with one attached hydrogen (secondary N) is 1. The van der Waals surface area contributed by atoms with Crippen molar-refractivity contribution in [2.75, 3.05) is 11.9 Å². The molecule has 12 nitrogen and oxygen atoms in total. The van der Waals surface area contributed by atoms with Crippen LogP contribution in [0.2, 0.25) is 0 Å². The second-order valence-electron chi connectivity index (χ2n) is 5.14. The van der Waals surface area contributed by atoms with Crippen molar-refractivity contribution in [1.82, 2.24) is 14.5 Å². The van der Waals surface area contributed by atoms with Crippen LogP contribution in [0, 0.1) is 10.1 Å². The van der Waals surface area contributed by atoms with E-state index in [1.807, 2.05) is 0 Å². The van der Waals surface area contributed by atoms with Crippen LogP contribution in [0.1, 0.15) is 17.0 Å². The van der Waals surface area contributed by atoms with E-state index in [1.165, 1.54) is 0 Å². The van der Waals surface area contributed by atoms with Gasteiger partial charge in [-0.25, -0.2) is 18.7 Å². The minimum absolute atomic E-state index is 0.203. The van der Waals surface area contributed by atoms with E-state index in [0.29, 0.717) is 0 Å². The summed E-state index contributed by atoms with van der Waals surface area (Å²) >= 11 is 0. The van der Waals surface area contributed by atoms with Crippen LogP contribution in [0.15, 0.2) is 35.4 Å². The number of anilines is 1. The number of ether oxygens (including phenoxy) is 1. The van der Waals surface area contributed by atoms with Crippen molar-refractivity contribution >= 4 is 17.4 Å². The molecule has 2 rings (SSSR count). The third-order valence-corrected chi connectivity index (χ3v) is 3.26. The van der Waals surface area contributed by atoms with Crippen molar-refractivity contribution in [2.45, 2.75) is 18.9 Å². The van der Waals surface area contributed by atoms with Gasteiger partial charge in [-0.2, -0.15) is 9.37 Å². The highest BCUT2D eigenvalue weighted by Crippen LogP contribution is 2.14. The number of carbonyl (C=O) groups is 1. The Morgan fingerprint density at radius 3 is 2.61 bits per heavy atom. The highest BCUT2D eigenvalue weighted by Gasteiger charge is 2.24. The number of hydrogen-bond donors (Lipinski definition) is 3. The summed E-state index contributed by atoms with van der Waals surface area (Å²) in [6, 6.07) is 3.15. The molecule has 28 heavy (non-hydrogen) atoms. The van der Waals surface area contributed by atoms with E-state index in [2.05, 4.69) is 20.0 Å². The number of nitro groups is 1. The van der Waals surface area contributed by atoms with Crippen LogP contribution in [-0.4, -0.2) is 54.6 Å². The topological polar surface area (TPSA) is 170 Å². The lowest BCUT2D eigenvalue weighted by molar-refractivity contribution is -0.385. The predicted octanol–water partition coefficient (Wildman–Crippen LogP) is -0.110. The third-order valence-electron chi connectivity index (χ3n) is 3.26. The van der Waals surface area contributed by atoms with Crippen molar-refractivity contribution in [3.8, 4) is 0 Å². The summed E-state index contributed by atoms with van der Waals surface area (Å²) < 4.78 is 31.3. The highest BCUT2D eigenvalue weighted by molar-refractivity contribution is 6.02. The molecule has 0 bridgehead atoms. The van der Waals surface area contributed by atoms with Crippen LogP contribution in [0.5, 0.6) is 0 Å². The number of alkyl halides is 2. The first-order valence-electron chi connectivity index (χ1n) is 7.46. The molecular formula is C14H13F2N5O7. The molecule has 150 valence electrons. The molecule has 0 aliphatic carbocycles. The number of aliphatic hydroxyl groups is 2. The minimum Gasteiger partial charge on any atom is -0.393 e. The van der Waals surface area contributed by atoms with E-state index < -0.39 is 42.1 Å². The fourth-order valence-electron chi connectivity index (χ4n) is 1.85. The largest absolute Gasteiger partial charge is 0.393 e. The van der Waals surface area contributed by atoms with Crippen molar-refractivity contribution in [3.05, 3.63) is 56.9 Å². The summed E-state index contributed by atoms with van der Waals surface area (Å²) in [5.41, 5.74) is -1.76. The lowest BCUT2D eigenvalue weighted by Gasteiger charge is -2.19. The Morgan fingerprint density at radius 2 is 2.11 bits per heavy atom. The normalized spacial score (nSPS) is 14.1. The SMILES string of the molecule is O=C(Nc1ccn([C@@H](F)O[C@H](CO)[C@@H](O)F)c(=O)n1)c1ccc([N+](=O)[O-])cn1. The number of aromatic nitrogens is 3. The molecule has 2 aromatic heterocycles. The Labute approximate surface area is 154 Å². The monoisotopic (exact) mass is 401 g/mol.